The van der Waals surface area contributed by atoms with Crippen LogP contribution < -0.4 is 0 Å². The van der Waals surface area contributed by atoms with E-state index in [0.717, 1.165) is 52.0 Å². The number of amides is 1. The Labute approximate surface area is 106 Å². The molecule has 3 heteroatoms. The number of rotatable bonds is 4. The van der Waals surface area contributed by atoms with E-state index >= 15 is 0 Å². The molecule has 0 aromatic carbocycles. The van der Waals surface area contributed by atoms with Crippen LogP contribution in [0.1, 0.15) is 47.0 Å². The van der Waals surface area contributed by atoms with E-state index in [2.05, 4.69) is 32.6 Å². The molecular formula is C14H28N2O. The van der Waals surface area contributed by atoms with Crippen molar-refractivity contribution in [2.45, 2.75) is 47.0 Å². The first-order valence-corrected chi connectivity index (χ1v) is 6.92. The predicted octanol–water partition coefficient (Wildman–Crippen LogP) is 2.37. The molecule has 0 bridgehead atoms. The maximum absolute atomic E-state index is 11.9. The molecule has 3 nitrogen and oxygen atoms in total. The normalized spacial score (nSPS) is 18.5. The Balaban J connectivity index is 2.28. The van der Waals surface area contributed by atoms with E-state index in [9.17, 15) is 4.79 Å². The van der Waals surface area contributed by atoms with Gasteiger partial charge in [-0.15, -0.1) is 0 Å². The molecule has 0 N–H and O–H groups in total. The monoisotopic (exact) mass is 240 g/mol. The molecular weight excluding hydrogens is 212 g/mol. The quantitative estimate of drug-likeness (QED) is 0.753. The van der Waals surface area contributed by atoms with Crippen LogP contribution >= 0.6 is 0 Å². The van der Waals surface area contributed by atoms with Crippen molar-refractivity contribution < 1.29 is 4.79 Å². The molecule has 1 aliphatic rings. The number of unbranched alkanes of at least 4 members (excludes halogenated alkanes) is 1. The summed E-state index contributed by atoms with van der Waals surface area (Å²) in [7, 11) is 0. The predicted molar refractivity (Wildman–Crippen MR) is 72.0 cm³/mol. The molecule has 0 atom stereocenters. The molecule has 1 rings (SSSR count). The highest BCUT2D eigenvalue weighted by Gasteiger charge is 2.23. The molecule has 17 heavy (non-hydrogen) atoms. The van der Waals surface area contributed by atoms with Crippen LogP contribution in [0.4, 0.5) is 0 Å². The van der Waals surface area contributed by atoms with Crippen molar-refractivity contribution in [3.63, 3.8) is 0 Å². The number of nitrogens with zero attached hydrogens (tertiary/aromatic N) is 2. The van der Waals surface area contributed by atoms with Crippen molar-refractivity contribution in [2.75, 3.05) is 32.7 Å². The molecule has 0 spiro atoms. The minimum Gasteiger partial charge on any atom is -0.340 e. The maximum atomic E-state index is 11.9. The van der Waals surface area contributed by atoms with Crippen molar-refractivity contribution in [1.82, 2.24) is 9.80 Å². The fourth-order valence-corrected chi connectivity index (χ4v) is 2.31. The lowest BCUT2D eigenvalue weighted by atomic mass is 9.96. The van der Waals surface area contributed by atoms with E-state index in [1.54, 1.807) is 0 Å². The van der Waals surface area contributed by atoms with Gasteiger partial charge in [0, 0.05) is 39.1 Å². The van der Waals surface area contributed by atoms with E-state index in [1.807, 2.05) is 4.90 Å². The average molecular weight is 240 g/mol. The van der Waals surface area contributed by atoms with Crippen LogP contribution in [0, 0.1) is 5.41 Å². The van der Waals surface area contributed by atoms with E-state index in [-0.39, 0.29) is 0 Å². The molecule has 0 unspecified atom stereocenters. The second kappa shape index (κ2) is 6.39. The maximum Gasteiger partial charge on any atom is 0.222 e. The summed E-state index contributed by atoms with van der Waals surface area (Å²) < 4.78 is 0. The van der Waals surface area contributed by atoms with E-state index in [0.29, 0.717) is 11.3 Å². The summed E-state index contributed by atoms with van der Waals surface area (Å²) in [5.74, 6) is 0.349. The number of hydrogen-bond acceptors (Lipinski definition) is 2. The molecule has 1 saturated heterocycles. The smallest absolute Gasteiger partial charge is 0.222 e. The number of carbonyl (C=O) groups is 1. The van der Waals surface area contributed by atoms with Gasteiger partial charge in [-0.05, 0) is 11.8 Å². The Bertz CT molecular complexity index is 237. The summed E-state index contributed by atoms with van der Waals surface area (Å²) in [6, 6.07) is 0. The molecule has 0 aliphatic carbocycles. The van der Waals surface area contributed by atoms with Crippen molar-refractivity contribution in [1.29, 1.82) is 0 Å². The SMILES string of the molecule is CCCCC(=O)N1CCN(CC(C)(C)C)CC1. The molecule has 1 heterocycles. The van der Waals surface area contributed by atoms with E-state index in [4.69, 9.17) is 0 Å². The molecule has 0 aromatic rings. The van der Waals surface area contributed by atoms with Gasteiger partial charge in [0.15, 0.2) is 0 Å². The van der Waals surface area contributed by atoms with Gasteiger partial charge >= 0.3 is 0 Å². The summed E-state index contributed by atoms with van der Waals surface area (Å²) in [6.45, 7) is 14.0. The summed E-state index contributed by atoms with van der Waals surface area (Å²) in [5.41, 5.74) is 0.356. The molecule has 0 aromatic heterocycles. The minimum absolute atomic E-state index is 0.349. The lowest BCUT2D eigenvalue weighted by Gasteiger charge is -2.37. The van der Waals surface area contributed by atoms with Crippen molar-refractivity contribution >= 4 is 5.91 Å². The Morgan fingerprint density at radius 3 is 2.18 bits per heavy atom. The second-order valence-electron chi connectivity index (χ2n) is 6.32. The topological polar surface area (TPSA) is 23.6 Å². The van der Waals surface area contributed by atoms with Crippen LogP contribution in [0.3, 0.4) is 0 Å². The molecule has 100 valence electrons. The van der Waals surface area contributed by atoms with E-state index < -0.39 is 0 Å². The Morgan fingerprint density at radius 1 is 1.12 bits per heavy atom. The summed E-state index contributed by atoms with van der Waals surface area (Å²) in [5, 5.41) is 0. The second-order valence-corrected chi connectivity index (χ2v) is 6.32. The van der Waals surface area contributed by atoms with Crippen LogP contribution in [0.2, 0.25) is 0 Å². The van der Waals surface area contributed by atoms with Crippen LogP contribution in [-0.4, -0.2) is 48.4 Å². The zero-order chi connectivity index (χ0) is 12.9. The van der Waals surface area contributed by atoms with Gasteiger partial charge in [-0.2, -0.15) is 0 Å². The van der Waals surface area contributed by atoms with Crippen molar-refractivity contribution in [2.24, 2.45) is 5.41 Å². The number of piperazine rings is 1. The third kappa shape index (κ3) is 5.53. The van der Waals surface area contributed by atoms with Crippen LogP contribution in [-0.2, 0) is 4.79 Å². The van der Waals surface area contributed by atoms with Gasteiger partial charge in [-0.25, -0.2) is 0 Å². The van der Waals surface area contributed by atoms with Gasteiger partial charge in [0.2, 0.25) is 5.91 Å². The van der Waals surface area contributed by atoms with Crippen molar-refractivity contribution in [3.8, 4) is 0 Å². The van der Waals surface area contributed by atoms with Crippen molar-refractivity contribution in [3.05, 3.63) is 0 Å². The zero-order valence-electron chi connectivity index (χ0n) is 12.0. The van der Waals surface area contributed by atoms with Crippen LogP contribution in [0.25, 0.3) is 0 Å². The van der Waals surface area contributed by atoms with E-state index in [1.165, 1.54) is 0 Å². The Hall–Kier alpha value is -0.570. The van der Waals surface area contributed by atoms with Gasteiger partial charge in [-0.1, -0.05) is 34.1 Å². The van der Waals surface area contributed by atoms with Crippen LogP contribution in [0.15, 0.2) is 0 Å². The molecule has 1 aliphatic heterocycles. The highest BCUT2D eigenvalue weighted by Crippen LogP contribution is 2.16. The highest BCUT2D eigenvalue weighted by molar-refractivity contribution is 5.76. The largest absolute Gasteiger partial charge is 0.340 e. The number of carbonyl (C=O) groups excluding carboxylic acids is 1. The first-order chi connectivity index (χ1) is 7.92. The van der Waals surface area contributed by atoms with Gasteiger partial charge in [0.05, 0.1) is 0 Å². The van der Waals surface area contributed by atoms with Crippen LogP contribution in [0.5, 0.6) is 0 Å². The fourth-order valence-electron chi connectivity index (χ4n) is 2.31. The average Bonchev–Trinajstić information content (AvgIpc) is 2.24. The van der Waals surface area contributed by atoms with Gasteiger partial charge in [0.25, 0.3) is 0 Å². The lowest BCUT2D eigenvalue weighted by molar-refractivity contribution is -0.133. The molecule has 0 radical (unpaired) electrons. The summed E-state index contributed by atoms with van der Waals surface area (Å²) >= 11 is 0. The first-order valence-electron chi connectivity index (χ1n) is 6.92. The molecule has 0 saturated carbocycles. The molecule has 1 fully saturated rings. The standard InChI is InChI=1S/C14H28N2O/c1-5-6-7-13(17)16-10-8-15(9-11-16)12-14(2,3)4/h5-12H2,1-4H3. The molecule has 1 amide bonds. The Morgan fingerprint density at radius 2 is 1.71 bits per heavy atom. The van der Waals surface area contributed by atoms with Gasteiger partial charge in [-0.3, -0.25) is 9.69 Å². The van der Waals surface area contributed by atoms with Gasteiger partial charge in [0.1, 0.15) is 0 Å². The lowest BCUT2D eigenvalue weighted by Crippen LogP contribution is -2.50. The fraction of sp³-hybridized carbons (Fsp3) is 0.929. The first kappa shape index (κ1) is 14.5. The zero-order valence-corrected chi connectivity index (χ0v) is 12.0. The number of hydrogen-bond donors (Lipinski definition) is 0. The minimum atomic E-state index is 0.349. The van der Waals surface area contributed by atoms with Gasteiger partial charge < -0.3 is 4.90 Å². The Kier molecular flexibility index (Phi) is 5.44. The summed E-state index contributed by atoms with van der Waals surface area (Å²) in [6.07, 6.45) is 2.87. The summed E-state index contributed by atoms with van der Waals surface area (Å²) in [4.78, 5) is 16.4. The highest BCUT2D eigenvalue weighted by atomic mass is 16.2. The third-order valence-electron chi connectivity index (χ3n) is 3.17. The third-order valence-corrected chi connectivity index (χ3v) is 3.17.